The first-order chi connectivity index (χ1) is 6.79. The Kier molecular flexibility index (Phi) is 4.26. The zero-order valence-corrected chi connectivity index (χ0v) is 8.83. The van der Waals surface area contributed by atoms with E-state index in [4.69, 9.17) is 5.11 Å². The van der Waals surface area contributed by atoms with Crippen LogP contribution in [-0.2, 0) is 0 Å². The van der Waals surface area contributed by atoms with Crippen molar-refractivity contribution in [1.82, 2.24) is 0 Å². The lowest BCUT2D eigenvalue weighted by Crippen LogP contribution is -2.22. The summed E-state index contributed by atoms with van der Waals surface area (Å²) in [5.74, 6) is 0. The number of anilines is 2. The van der Waals surface area contributed by atoms with Gasteiger partial charge in [0, 0.05) is 20.1 Å². The molecule has 3 heteroatoms. The van der Waals surface area contributed by atoms with Crippen LogP contribution in [-0.4, -0.2) is 31.9 Å². The molecule has 78 valence electrons. The van der Waals surface area contributed by atoms with Crippen molar-refractivity contribution in [2.75, 3.05) is 37.0 Å². The van der Waals surface area contributed by atoms with Gasteiger partial charge in [-0.15, -0.1) is 0 Å². The quantitative estimate of drug-likeness (QED) is 0.746. The molecule has 1 rings (SSSR count). The number of likely N-dealkylation sites (N-methyl/N-ethyl adjacent to an activating group) is 1. The van der Waals surface area contributed by atoms with Crippen LogP contribution < -0.4 is 10.2 Å². The van der Waals surface area contributed by atoms with Crippen LogP contribution in [0.2, 0.25) is 0 Å². The maximum absolute atomic E-state index is 8.86. The van der Waals surface area contributed by atoms with Gasteiger partial charge in [-0.2, -0.15) is 0 Å². The Morgan fingerprint density at radius 3 is 2.71 bits per heavy atom. The SMILES string of the molecule is CCNc1ccccc1N(C)CCO. The van der Waals surface area contributed by atoms with Gasteiger partial charge in [-0.25, -0.2) is 0 Å². The number of para-hydroxylation sites is 2. The molecular weight excluding hydrogens is 176 g/mol. The third kappa shape index (κ3) is 2.64. The van der Waals surface area contributed by atoms with E-state index in [1.54, 1.807) is 0 Å². The zero-order chi connectivity index (χ0) is 10.4. The van der Waals surface area contributed by atoms with Crippen molar-refractivity contribution in [3.63, 3.8) is 0 Å². The lowest BCUT2D eigenvalue weighted by Gasteiger charge is -2.21. The summed E-state index contributed by atoms with van der Waals surface area (Å²) in [4.78, 5) is 2.04. The van der Waals surface area contributed by atoms with Crippen LogP contribution in [0.5, 0.6) is 0 Å². The van der Waals surface area contributed by atoms with E-state index >= 15 is 0 Å². The maximum Gasteiger partial charge on any atom is 0.0606 e. The first-order valence-corrected chi connectivity index (χ1v) is 4.94. The lowest BCUT2D eigenvalue weighted by molar-refractivity contribution is 0.304. The number of hydrogen-bond acceptors (Lipinski definition) is 3. The first-order valence-electron chi connectivity index (χ1n) is 4.94. The second kappa shape index (κ2) is 5.50. The Hall–Kier alpha value is -1.22. The van der Waals surface area contributed by atoms with E-state index in [9.17, 15) is 0 Å². The summed E-state index contributed by atoms with van der Waals surface area (Å²) >= 11 is 0. The number of nitrogens with one attached hydrogen (secondary N) is 1. The summed E-state index contributed by atoms with van der Waals surface area (Å²) in [6.45, 7) is 3.81. The van der Waals surface area contributed by atoms with Gasteiger partial charge in [-0.3, -0.25) is 0 Å². The molecule has 0 amide bonds. The number of rotatable bonds is 5. The molecule has 3 nitrogen and oxygen atoms in total. The van der Waals surface area contributed by atoms with Gasteiger partial charge < -0.3 is 15.3 Å². The van der Waals surface area contributed by atoms with Crippen molar-refractivity contribution in [3.8, 4) is 0 Å². The van der Waals surface area contributed by atoms with Crippen LogP contribution in [0.1, 0.15) is 6.92 Å². The monoisotopic (exact) mass is 194 g/mol. The topological polar surface area (TPSA) is 35.5 Å². The number of hydrogen-bond donors (Lipinski definition) is 2. The molecule has 1 aromatic carbocycles. The summed E-state index contributed by atoms with van der Waals surface area (Å²) in [6, 6.07) is 8.11. The summed E-state index contributed by atoms with van der Waals surface area (Å²) in [5, 5.41) is 12.1. The molecule has 0 radical (unpaired) electrons. The van der Waals surface area contributed by atoms with E-state index < -0.39 is 0 Å². The minimum Gasteiger partial charge on any atom is -0.395 e. The molecular formula is C11H18N2O. The van der Waals surface area contributed by atoms with Gasteiger partial charge in [0.1, 0.15) is 0 Å². The molecule has 0 fully saturated rings. The lowest BCUT2D eigenvalue weighted by atomic mass is 10.2. The standard InChI is InChI=1S/C11H18N2O/c1-3-12-10-6-4-5-7-11(10)13(2)8-9-14/h4-7,12,14H,3,8-9H2,1-2H3. The summed E-state index contributed by atoms with van der Waals surface area (Å²) < 4.78 is 0. The predicted octanol–water partition coefficient (Wildman–Crippen LogP) is 1.55. The minimum atomic E-state index is 0.178. The number of aliphatic hydroxyl groups excluding tert-OH is 1. The largest absolute Gasteiger partial charge is 0.395 e. The van der Waals surface area contributed by atoms with Crippen molar-refractivity contribution >= 4 is 11.4 Å². The molecule has 14 heavy (non-hydrogen) atoms. The van der Waals surface area contributed by atoms with Crippen molar-refractivity contribution < 1.29 is 5.11 Å². The second-order valence-electron chi connectivity index (χ2n) is 3.19. The smallest absolute Gasteiger partial charge is 0.0606 e. The van der Waals surface area contributed by atoms with E-state index in [1.165, 1.54) is 0 Å². The normalized spacial score (nSPS) is 9.93. The Morgan fingerprint density at radius 2 is 2.07 bits per heavy atom. The van der Waals surface area contributed by atoms with E-state index in [-0.39, 0.29) is 6.61 Å². The predicted molar refractivity (Wildman–Crippen MR) is 61.0 cm³/mol. The van der Waals surface area contributed by atoms with Gasteiger partial charge in [0.05, 0.1) is 18.0 Å². The third-order valence-corrected chi connectivity index (χ3v) is 2.12. The molecule has 0 aliphatic heterocycles. The number of aliphatic hydroxyl groups is 1. The molecule has 0 aromatic heterocycles. The minimum absolute atomic E-state index is 0.178. The van der Waals surface area contributed by atoms with Crippen LogP contribution in [0.15, 0.2) is 24.3 Å². The molecule has 0 aliphatic carbocycles. The fraction of sp³-hybridized carbons (Fsp3) is 0.455. The highest BCUT2D eigenvalue weighted by Gasteiger charge is 2.04. The summed E-state index contributed by atoms with van der Waals surface area (Å²) in [7, 11) is 1.98. The van der Waals surface area contributed by atoms with Gasteiger partial charge in [0.25, 0.3) is 0 Å². The summed E-state index contributed by atoms with van der Waals surface area (Å²) in [6.07, 6.45) is 0. The Balaban J connectivity index is 2.82. The van der Waals surface area contributed by atoms with E-state index in [0.717, 1.165) is 17.9 Å². The van der Waals surface area contributed by atoms with E-state index in [0.29, 0.717) is 6.54 Å². The molecule has 0 unspecified atom stereocenters. The highest BCUT2D eigenvalue weighted by Crippen LogP contribution is 2.23. The molecule has 0 heterocycles. The van der Waals surface area contributed by atoms with Crippen molar-refractivity contribution in [2.24, 2.45) is 0 Å². The van der Waals surface area contributed by atoms with Gasteiger partial charge >= 0.3 is 0 Å². The van der Waals surface area contributed by atoms with E-state index in [1.807, 2.05) is 36.2 Å². The average Bonchev–Trinajstić information content (AvgIpc) is 2.19. The van der Waals surface area contributed by atoms with Crippen LogP contribution >= 0.6 is 0 Å². The maximum atomic E-state index is 8.86. The van der Waals surface area contributed by atoms with Crippen LogP contribution in [0.3, 0.4) is 0 Å². The Labute approximate surface area is 85.4 Å². The highest BCUT2D eigenvalue weighted by molar-refractivity contribution is 5.69. The fourth-order valence-corrected chi connectivity index (χ4v) is 1.42. The molecule has 0 bridgehead atoms. The van der Waals surface area contributed by atoms with Crippen LogP contribution in [0.4, 0.5) is 11.4 Å². The molecule has 0 spiro atoms. The summed E-state index contributed by atoms with van der Waals surface area (Å²) in [5.41, 5.74) is 2.24. The second-order valence-corrected chi connectivity index (χ2v) is 3.19. The molecule has 0 saturated heterocycles. The van der Waals surface area contributed by atoms with E-state index in [2.05, 4.69) is 12.2 Å². The zero-order valence-electron chi connectivity index (χ0n) is 8.83. The van der Waals surface area contributed by atoms with Gasteiger partial charge in [0.2, 0.25) is 0 Å². The molecule has 0 saturated carbocycles. The number of nitrogens with zero attached hydrogens (tertiary/aromatic N) is 1. The Bertz CT molecular complexity index is 276. The molecule has 0 atom stereocenters. The first kappa shape index (κ1) is 10.9. The average molecular weight is 194 g/mol. The highest BCUT2D eigenvalue weighted by atomic mass is 16.3. The van der Waals surface area contributed by atoms with Gasteiger partial charge in [0.15, 0.2) is 0 Å². The third-order valence-electron chi connectivity index (χ3n) is 2.12. The molecule has 2 N–H and O–H groups in total. The van der Waals surface area contributed by atoms with Crippen LogP contribution in [0, 0.1) is 0 Å². The van der Waals surface area contributed by atoms with Crippen molar-refractivity contribution in [2.45, 2.75) is 6.92 Å². The molecule has 0 aliphatic rings. The van der Waals surface area contributed by atoms with Gasteiger partial charge in [-0.1, -0.05) is 12.1 Å². The molecule has 1 aromatic rings. The fourth-order valence-electron chi connectivity index (χ4n) is 1.42. The van der Waals surface area contributed by atoms with Crippen molar-refractivity contribution in [1.29, 1.82) is 0 Å². The number of benzene rings is 1. The Morgan fingerprint density at radius 1 is 1.36 bits per heavy atom. The van der Waals surface area contributed by atoms with Crippen molar-refractivity contribution in [3.05, 3.63) is 24.3 Å². The van der Waals surface area contributed by atoms with Gasteiger partial charge in [-0.05, 0) is 19.1 Å². The van der Waals surface area contributed by atoms with Crippen LogP contribution in [0.25, 0.3) is 0 Å².